The molecule has 20 heavy (non-hydrogen) atoms. The molecule has 0 bridgehead atoms. The Labute approximate surface area is 123 Å². The highest BCUT2D eigenvalue weighted by Gasteiger charge is 2.36. The molecule has 1 aromatic heterocycles. The van der Waals surface area contributed by atoms with E-state index < -0.39 is 6.09 Å². The molecule has 1 aliphatic rings. The van der Waals surface area contributed by atoms with Gasteiger partial charge in [-0.2, -0.15) is 0 Å². The van der Waals surface area contributed by atoms with Crippen molar-refractivity contribution >= 4 is 23.3 Å². The van der Waals surface area contributed by atoms with Crippen molar-refractivity contribution in [3.63, 3.8) is 0 Å². The van der Waals surface area contributed by atoms with E-state index in [1.54, 1.807) is 23.3 Å². The zero-order valence-electron chi connectivity index (χ0n) is 12.1. The maximum absolute atomic E-state index is 12.5. The van der Waals surface area contributed by atoms with Crippen LogP contribution in [0.2, 0.25) is 0 Å². The van der Waals surface area contributed by atoms with Crippen LogP contribution in [0.3, 0.4) is 0 Å². The Morgan fingerprint density at radius 2 is 2.25 bits per heavy atom. The minimum Gasteiger partial charge on any atom is -0.453 e. The van der Waals surface area contributed by atoms with Crippen LogP contribution in [-0.4, -0.2) is 48.5 Å². The van der Waals surface area contributed by atoms with Crippen molar-refractivity contribution < 1.29 is 14.3 Å². The number of nitrogens with zero attached hydrogens (tertiary/aromatic N) is 2. The van der Waals surface area contributed by atoms with Gasteiger partial charge in [0.05, 0.1) is 13.7 Å². The van der Waals surface area contributed by atoms with Crippen LogP contribution in [0.1, 0.15) is 22.6 Å². The number of likely N-dealkylation sites (N-methyl/N-ethyl adjacent to an activating group) is 1. The third kappa shape index (κ3) is 3.12. The molecule has 0 aliphatic carbocycles. The Morgan fingerprint density at radius 1 is 1.50 bits per heavy atom. The summed E-state index contributed by atoms with van der Waals surface area (Å²) in [6, 6.07) is 3.71. The third-order valence-corrected chi connectivity index (χ3v) is 4.50. The molecule has 1 saturated heterocycles. The van der Waals surface area contributed by atoms with Crippen molar-refractivity contribution in [1.82, 2.24) is 9.80 Å². The van der Waals surface area contributed by atoms with Gasteiger partial charge >= 0.3 is 6.09 Å². The van der Waals surface area contributed by atoms with E-state index >= 15 is 0 Å². The minimum absolute atomic E-state index is 0.0149. The van der Waals surface area contributed by atoms with Crippen LogP contribution < -0.4 is 0 Å². The number of likely N-dealkylation sites (tertiary alicyclic amines) is 1. The van der Waals surface area contributed by atoms with E-state index in [1.807, 2.05) is 13.0 Å². The smallest absolute Gasteiger partial charge is 0.410 e. The van der Waals surface area contributed by atoms with Crippen molar-refractivity contribution in [2.24, 2.45) is 0 Å². The zero-order valence-corrected chi connectivity index (χ0v) is 12.9. The van der Waals surface area contributed by atoms with Gasteiger partial charge in [-0.25, -0.2) is 4.79 Å². The number of methoxy groups -OCH3 is 1. The number of aryl methyl sites for hydroxylation is 1. The van der Waals surface area contributed by atoms with Gasteiger partial charge in [0.25, 0.3) is 0 Å². The van der Waals surface area contributed by atoms with E-state index in [0.29, 0.717) is 19.5 Å². The number of carbonyl (C=O) groups excluding carboxylic acids is 2. The van der Waals surface area contributed by atoms with Crippen molar-refractivity contribution in [3.05, 3.63) is 21.9 Å². The molecule has 1 fully saturated rings. The largest absolute Gasteiger partial charge is 0.453 e. The Kier molecular flexibility index (Phi) is 4.65. The first-order chi connectivity index (χ1) is 9.52. The average molecular weight is 296 g/mol. The molecule has 2 heterocycles. The van der Waals surface area contributed by atoms with Gasteiger partial charge in [-0.1, -0.05) is 0 Å². The summed E-state index contributed by atoms with van der Waals surface area (Å²) in [7, 11) is 3.13. The highest BCUT2D eigenvalue weighted by molar-refractivity contribution is 7.11. The lowest BCUT2D eigenvalue weighted by Crippen LogP contribution is -2.46. The standard InChI is InChI=1S/C14H20N2O3S/c1-10-6-7-11(20-10)9-15(2)13(17)12-5-4-8-16(12)14(18)19-3/h6-7,12H,4-5,8-9H2,1-3H3/t12-/m0/s1. The topological polar surface area (TPSA) is 49.9 Å². The Balaban J connectivity index is 2.00. The van der Waals surface area contributed by atoms with E-state index in [2.05, 4.69) is 6.07 Å². The molecular weight excluding hydrogens is 276 g/mol. The number of hydrogen-bond donors (Lipinski definition) is 0. The van der Waals surface area contributed by atoms with E-state index in [-0.39, 0.29) is 11.9 Å². The van der Waals surface area contributed by atoms with Crippen LogP contribution in [0.25, 0.3) is 0 Å². The lowest BCUT2D eigenvalue weighted by molar-refractivity contribution is -0.134. The highest BCUT2D eigenvalue weighted by atomic mass is 32.1. The monoisotopic (exact) mass is 296 g/mol. The van der Waals surface area contributed by atoms with E-state index in [4.69, 9.17) is 4.74 Å². The summed E-state index contributed by atoms with van der Waals surface area (Å²) in [4.78, 5) is 29.7. The zero-order chi connectivity index (χ0) is 14.7. The third-order valence-electron chi connectivity index (χ3n) is 3.51. The van der Waals surface area contributed by atoms with E-state index in [0.717, 1.165) is 11.3 Å². The molecule has 0 spiro atoms. The number of hydrogen-bond acceptors (Lipinski definition) is 4. The molecule has 1 aromatic rings. The number of carbonyl (C=O) groups is 2. The van der Waals surface area contributed by atoms with E-state index in [9.17, 15) is 9.59 Å². The van der Waals surface area contributed by atoms with Crippen LogP contribution in [0.15, 0.2) is 12.1 Å². The van der Waals surface area contributed by atoms with Crippen molar-refractivity contribution in [3.8, 4) is 0 Å². The molecule has 110 valence electrons. The normalized spacial score (nSPS) is 18.1. The Hall–Kier alpha value is -1.56. The van der Waals surface area contributed by atoms with Gasteiger partial charge in [0.15, 0.2) is 0 Å². The molecule has 2 rings (SSSR count). The fourth-order valence-electron chi connectivity index (χ4n) is 2.50. The molecule has 0 N–H and O–H groups in total. The van der Waals surface area contributed by atoms with Crippen LogP contribution >= 0.6 is 11.3 Å². The molecule has 1 atom stereocenters. The Bertz CT molecular complexity index is 500. The SMILES string of the molecule is COC(=O)N1CCC[C@H]1C(=O)N(C)Cc1ccc(C)s1. The van der Waals surface area contributed by atoms with Gasteiger partial charge in [0.1, 0.15) is 6.04 Å². The first-order valence-electron chi connectivity index (χ1n) is 6.68. The van der Waals surface area contributed by atoms with Crippen LogP contribution in [0.4, 0.5) is 4.79 Å². The van der Waals surface area contributed by atoms with Gasteiger partial charge in [-0.15, -0.1) is 11.3 Å². The minimum atomic E-state index is -0.416. The predicted octanol–water partition coefficient (Wildman–Crippen LogP) is 2.25. The van der Waals surface area contributed by atoms with Crippen molar-refractivity contribution in [2.75, 3.05) is 20.7 Å². The van der Waals surface area contributed by atoms with Crippen LogP contribution in [0.5, 0.6) is 0 Å². The second-order valence-electron chi connectivity index (χ2n) is 5.03. The molecule has 6 heteroatoms. The van der Waals surface area contributed by atoms with E-state index in [1.165, 1.54) is 16.9 Å². The van der Waals surface area contributed by atoms with Crippen LogP contribution in [-0.2, 0) is 16.1 Å². The highest BCUT2D eigenvalue weighted by Crippen LogP contribution is 2.22. The average Bonchev–Trinajstić information content (AvgIpc) is 3.06. The summed E-state index contributed by atoms with van der Waals surface area (Å²) in [6.45, 7) is 3.23. The molecule has 0 radical (unpaired) electrons. The Morgan fingerprint density at radius 3 is 2.85 bits per heavy atom. The molecule has 0 aromatic carbocycles. The summed E-state index contributed by atoms with van der Waals surface area (Å²) >= 11 is 1.69. The second kappa shape index (κ2) is 6.26. The van der Waals surface area contributed by atoms with Gasteiger partial charge < -0.3 is 9.64 Å². The van der Waals surface area contributed by atoms with Crippen LogP contribution in [0, 0.1) is 6.92 Å². The first kappa shape index (κ1) is 14.8. The van der Waals surface area contributed by atoms with Gasteiger partial charge in [-0.3, -0.25) is 9.69 Å². The lowest BCUT2D eigenvalue weighted by Gasteiger charge is -2.26. The quantitative estimate of drug-likeness (QED) is 0.859. The first-order valence-corrected chi connectivity index (χ1v) is 7.49. The molecule has 5 nitrogen and oxygen atoms in total. The summed E-state index contributed by atoms with van der Waals surface area (Å²) in [5.74, 6) is -0.0149. The fourth-order valence-corrected chi connectivity index (χ4v) is 3.44. The summed E-state index contributed by atoms with van der Waals surface area (Å²) in [5, 5.41) is 0. The lowest BCUT2D eigenvalue weighted by atomic mass is 10.2. The van der Waals surface area contributed by atoms with Crippen molar-refractivity contribution in [1.29, 1.82) is 0 Å². The predicted molar refractivity (Wildman–Crippen MR) is 77.7 cm³/mol. The number of ether oxygens (including phenoxy) is 1. The molecule has 2 amide bonds. The van der Waals surface area contributed by atoms with Crippen molar-refractivity contribution in [2.45, 2.75) is 32.4 Å². The molecular formula is C14H20N2O3S. The maximum Gasteiger partial charge on any atom is 0.410 e. The summed E-state index contributed by atoms with van der Waals surface area (Å²) in [6.07, 6.45) is 1.14. The fraction of sp³-hybridized carbons (Fsp3) is 0.571. The summed E-state index contributed by atoms with van der Waals surface area (Å²) in [5.41, 5.74) is 0. The van der Waals surface area contributed by atoms with Gasteiger partial charge in [0.2, 0.25) is 5.91 Å². The molecule has 1 aliphatic heterocycles. The van der Waals surface area contributed by atoms with Gasteiger partial charge in [0, 0.05) is 23.3 Å². The summed E-state index contributed by atoms with van der Waals surface area (Å²) < 4.78 is 4.73. The van der Waals surface area contributed by atoms with Gasteiger partial charge in [-0.05, 0) is 31.9 Å². The number of thiophene rings is 1. The number of amides is 2. The second-order valence-corrected chi connectivity index (χ2v) is 6.40. The molecule has 0 saturated carbocycles. The maximum atomic E-state index is 12.5. The number of rotatable bonds is 3. The molecule has 0 unspecified atom stereocenters.